The summed E-state index contributed by atoms with van der Waals surface area (Å²) in [7, 11) is 0. The van der Waals surface area contributed by atoms with Crippen LogP contribution in [0.4, 0.5) is 0 Å². The fraction of sp³-hybridized carbons (Fsp3) is 0.385. The van der Waals surface area contributed by atoms with Crippen LogP contribution in [0.3, 0.4) is 0 Å². The van der Waals surface area contributed by atoms with E-state index in [2.05, 4.69) is 40.7 Å². The van der Waals surface area contributed by atoms with Gasteiger partial charge in [-0.1, -0.05) is 78.3 Å². The van der Waals surface area contributed by atoms with Crippen molar-refractivity contribution < 1.29 is 55.9 Å². The van der Waals surface area contributed by atoms with E-state index in [0.717, 1.165) is 89.4 Å². The second-order valence-electron chi connectivity index (χ2n) is 27.7. The van der Waals surface area contributed by atoms with Crippen molar-refractivity contribution in [3.63, 3.8) is 0 Å². The summed E-state index contributed by atoms with van der Waals surface area (Å²) in [4.78, 5) is 70.5. The zero-order valence-corrected chi connectivity index (χ0v) is 57.7. The van der Waals surface area contributed by atoms with Crippen molar-refractivity contribution in [1.29, 1.82) is 0 Å². The minimum Gasteiger partial charge on any atom is -0.492 e. The van der Waals surface area contributed by atoms with Crippen LogP contribution in [-0.4, -0.2) is 113 Å². The summed E-state index contributed by atoms with van der Waals surface area (Å²) in [6.45, 7) is 15.3. The molecule has 4 amide bonds. The van der Waals surface area contributed by atoms with Crippen LogP contribution >= 0.6 is 11.6 Å². The number of Topliss-reactive ketones (excluding diaryl/α,β-unsaturated/α-hetero) is 1. The van der Waals surface area contributed by atoms with Crippen LogP contribution in [0.15, 0.2) is 139 Å². The van der Waals surface area contributed by atoms with E-state index in [9.17, 15) is 24.0 Å². The van der Waals surface area contributed by atoms with Gasteiger partial charge in [0, 0.05) is 110 Å². The molecule has 7 N–H and O–H groups in total. The monoisotopic (exact) mass is 1370 g/mol. The number of aromatic nitrogens is 2. The maximum Gasteiger partial charge on any atom is 0.289 e. The van der Waals surface area contributed by atoms with Gasteiger partial charge < -0.3 is 69.1 Å². The highest BCUT2D eigenvalue weighted by Gasteiger charge is 2.48. The topological polar surface area (TPSA) is 283 Å². The Kier molecular flexibility index (Phi) is 18.8. The predicted molar refractivity (Wildman–Crippen MR) is 373 cm³/mol. The average Bonchev–Trinajstić information content (AvgIpc) is 1.59. The molecule has 1 aliphatic carbocycles. The van der Waals surface area contributed by atoms with Gasteiger partial charge in [-0.05, 0) is 143 Å². The quantitative estimate of drug-likeness (QED) is 0.0884. The van der Waals surface area contributed by atoms with Crippen molar-refractivity contribution in [3.05, 3.63) is 234 Å². The number of hydrogen-bond donors (Lipinski definition) is 4. The molecule has 520 valence electrons. The molecule has 6 aliphatic heterocycles. The molecule has 5 aromatic heterocycles. The van der Waals surface area contributed by atoms with Gasteiger partial charge in [0.1, 0.15) is 40.3 Å². The number of nitrogens with one attached hydrogen (secondary N) is 1. The first-order valence-corrected chi connectivity index (χ1v) is 34.9. The summed E-state index contributed by atoms with van der Waals surface area (Å²) in [5, 5.41) is 7.87. The molecule has 0 radical (unpaired) electrons. The first-order valence-electron chi connectivity index (χ1n) is 34.5. The number of nitrogens with two attached hydrogens (primary N) is 3. The Labute approximate surface area is 585 Å². The number of nitrogens with zero attached hydrogens (tertiary/aromatic N) is 5. The van der Waals surface area contributed by atoms with Crippen molar-refractivity contribution in [1.82, 2.24) is 29.8 Å². The summed E-state index contributed by atoms with van der Waals surface area (Å²) in [5.74, 6) is 5.74. The summed E-state index contributed by atoms with van der Waals surface area (Å²) in [6.07, 6.45) is 7.59. The van der Waals surface area contributed by atoms with E-state index in [4.69, 9.17) is 60.7 Å². The van der Waals surface area contributed by atoms with Crippen molar-refractivity contribution in [2.45, 2.75) is 134 Å². The summed E-state index contributed by atoms with van der Waals surface area (Å²) in [5.41, 5.74) is 28.9. The van der Waals surface area contributed by atoms with Crippen LogP contribution in [0.1, 0.15) is 182 Å². The van der Waals surface area contributed by atoms with Gasteiger partial charge in [0.2, 0.25) is 0 Å². The third-order valence-electron chi connectivity index (χ3n) is 21.8. The van der Waals surface area contributed by atoms with E-state index in [-0.39, 0.29) is 63.9 Å². The average molecular weight is 1380 g/mol. The van der Waals surface area contributed by atoms with Crippen LogP contribution < -0.4 is 36.7 Å². The molecular formula is C78H84ClN9O12. The SMILES string of the molecule is Cc1c(C(=O)N2CCC3(CC2)COc2ccc(CN)cc23)oc2c1C(=O)CC(c1ccccc1)C2.Cc1nn(Cc2ccc(C(=O)N3CCC4(CC3)COc3ccc(CN)cc34)o2)c(C)c1Cl.Cc1occc1C(=O)NCc1ccc(C(=O)N2CCC3(CC2)COc2ccc(CN)cc23)o1. The standard InChI is InChI=1S/C29H30N2O4.C25H27N3O5.C24H27ClN4O3/c1-18-26-23(32)14-21(20-5-3-2-4-6-20)15-25(26)35-27(18)28(33)31-11-9-29(10-12-31)17-34-24-8-7-19(16-30)13-22(24)29;1-16-19(6-11-31-16)23(29)27-14-18-3-5-22(33-18)24(30)28-9-7-25(8-10-28)15-32-21-4-2-17(13-26)12-20(21)25;1-15-22(25)16(2)29(27-15)13-18-4-6-21(32-18)23(30)28-9-7-24(8-10-28)14-31-20-5-3-17(12-26)11-19(20)24/h2-8,13,21H,9-12,14-17,30H2,1H3;2-6,11-12H,7-10,13-15,26H2,1H3,(H,27,29);3-6,11H,7-10,12-14,26H2,1-2H3. The number of aryl methyl sites for hydroxylation is 2. The second kappa shape index (κ2) is 27.8. The molecular weight excluding hydrogens is 1290 g/mol. The molecule has 3 fully saturated rings. The van der Waals surface area contributed by atoms with Crippen molar-refractivity contribution in [3.8, 4) is 17.2 Å². The van der Waals surface area contributed by atoms with Crippen LogP contribution in [0.5, 0.6) is 17.2 Å². The number of halogens is 1. The van der Waals surface area contributed by atoms with Gasteiger partial charge in [0.25, 0.3) is 23.6 Å². The lowest BCUT2D eigenvalue weighted by atomic mass is 9.74. The van der Waals surface area contributed by atoms with Crippen LogP contribution in [0.2, 0.25) is 5.02 Å². The zero-order valence-electron chi connectivity index (χ0n) is 56.9. The number of carbonyl (C=O) groups excluding carboxylic acids is 5. The molecule has 4 aromatic carbocycles. The Morgan fingerprint density at radius 2 is 1.06 bits per heavy atom. The van der Waals surface area contributed by atoms with E-state index in [1.54, 1.807) is 35.9 Å². The summed E-state index contributed by atoms with van der Waals surface area (Å²) in [6, 6.07) is 37.2. The zero-order chi connectivity index (χ0) is 69.6. The maximum absolute atomic E-state index is 13.5. The summed E-state index contributed by atoms with van der Waals surface area (Å²) < 4.78 is 42.6. The van der Waals surface area contributed by atoms with Crippen LogP contribution in [-0.2, 0) is 55.4 Å². The largest absolute Gasteiger partial charge is 0.492 e. The lowest BCUT2D eigenvalue weighted by molar-refractivity contribution is 0.0606. The number of fused-ring (bicyclic) bond motifs is 7. The molecule has 22 heteroatoms. The number of ketones is 1. The maximum atomic E-state index is 13.5. The number of benzene rings is 4. The first kappa shape index (κ1) is 67.5. The number of rotatable bonds is 12. The van der Waals surface area contributed by atoms with E-state index >= 15 is 0 Å². The molecule has 7 aliphatic rings. The molecule has 3 saturated heterocycles. The van der Waals surface area contributed by atoms with Crippen LogP contribution in [0, 0.1) is 27.7 Å². The molecule has 0 bridgehead atoms. The number of hydrogen-bond acceptors (Lipinski definition) is 16. The molecule has 16 rings (SSSR count). The summed E-state index contributed by atoms with van der Waals surface area (Å²) >= 11 is 6.23. The first-order chi connectivity index (χ1) is 48.4. The molecule has 11 heterocycles. The van der Waals surface area contributed by atoms with Crippen LogP contribution in [0.25, 0.3) is 0 Å². The fourth-order valence-electron chi connectivity index (χ4n) is 15.6. The fourth-order valence-corrected chi connectivity index (χ4v) is 15.8. The molecule has 21 nitrogen and oxygen atoms in total. The van der Waals surface area contributed by atoms with Crippen molar-refractivity contribution >= 4 is 41.0 Å². The predicted octanol–water partition coefficient (Wildman–Crippen LogP) is 11.5. The van der Waals surface area contributed by atoms with Gasteiger partial charge >= 0.3 is 0 Å². The highest BCUT2D eigenvalue weighted by atomic mass is 35.5. The molecule has 100 heavy (non-hydrogen) atoms. The van der Waals surface area contributed by atoms with E-state index in [1.807, 2.05) is 96.1 Å². The number of carbonyl (C=O) groups is 5. The number of furan rings is 4. The third-order valence-corrected chi connectivity index (χ3v) is 22.3. The van der Waals surface area contributed by atoms with Gasteiger partial charge in [0.05, 0.1) is 66.7 Å². The van der Waals surface area contributed by atoms with Gasteiger partial charge in [-0.2, -0.15) is 5.10 Å². The molecule has 0 saturated carbocycles. The highest BCUT2D eigenvalue weighted by molar-refractivity contribution is 6.31. The smallest absolute Gasteiger partial charge is 0.289 e. The van der Waals surface area contributed by atoms with E-state index in [1.165, 1.54) is 23.0 Å². The number of piperidine rings is 3. The lowest BCUT2D eigenvalue weighted by Crippen LogP contribution is -2.46. The van der Waals surface area contributed by atoms with Gasteiger partial charge in [-0.15, -0.1) is 0 Å². The normalized spacial score (nSPS) is 18.0. The number of amides is 4. The van der Waals surface area contributed by atoms with E-state index < -0.39 is 0 Å². The molecule has 1 atom stereocenters. The number of ether oxygens (including phenoxy) is 3. The Balaban J connectivity index is 0.000000128. The minimum absolute atomic E-state index is 0.0413. The lowest BCUT2D eigenvalue weighted by Gasteiger charge is -2.38. The number of likely N-dealkylation sites (tertiary alicyclic amines) is 3. The Morgan fingerprint density at radius 3 is 1.52 bits per heavy atom. The van der Waals surface area contributed by atoms with Gasteiger partial charge in [0.15, 0.2) is 23.1 Å². The molecule has 1 unspecified atom stereocenters. The third kappa shape index (κ3) is 12.9. The van der Waals surface area contributed by atoms with Gasteiger partial charge in [-0.3, -0.25) is 28.7 Å². The highest BCUT2D eigenvalue weighted by Crippen LogP contribution is 2.49. The van der Waals surface area contributed by atoms with Gasteiger partial charge in [-0.25, -0.2) is 0 Å². The second-order valence-corrected chi connectivity index (χ2v) is 28.1. The molecule has 3 spiro atoms. The minimum atomic E-state index is -0.247. The van der Waals surface area contributed by atoms with Crippen molar-refractivity contribution in [2.24, 2.45) is 17.2 Å². The molecule has 9 aromatic rings. The Hall–Kier alpha value is -9.67. The van der Waals surface area contributed by atoms with E-state index in [0.29, 0.717) is 154 Å². The Bertz CT molecular complexity index is 4570. The van der Waals surface area contributed by atoms with Crippen molar-refractivity contribution in [2.75, 3.05) is 59.1 Å². The Morgan fingerprint density at radius 1 is 0.580 bits per heavy atom.